The van der Waals surface area contributed by atoms with E-state index in [9.17, 15) is 0 Å². The van der Waals surface area contributed by atoms with Crippen LogP contribution in [0, 0.1) is 0 Å². The van der Waals surface area contributed by atoms with Crippen molar-refractivity contribution in [2.24, 2.45) is 0 Å². The highest BCUT2D eigenvalue weighted by atomic mass is 35.5. The summed E-state index contributed by atoms with van der Waals surface area (Å²) in [4.78, 5) is 5.70. The van der Waals surface area contributed by atoms with Crippen LogP contribution in [-0.2, 0) is 6.54 Å². The molecular formula is C22H21ClN2. The molecule has 4 rings (SSSR count). The van der Waals surface area contributed by atoms with Crippen molar-refractivity contribution < 1.29 is 0 Å². The Labute approximate surface area is 153 Å². The molecule has 0 unspecified atom stereocenters. The maximum atomic E-state index is 5.95. The Balaban J connectivity index is 1.37. The van der Waals surface area contributed by atoms with Crippen molar-refractivity contribution in [3.63, 3.8) is 0 Å². The summed E-state index contributed by atoms with van der Waals surface area (Å²) in [7, 11) is 0. The molecule has 0 aliphatic carbocycles. The van der Waals surface area contributed by atoms with Crippen molar-refractivity contribution >= 4 is 28.6 Å². The number of aromatic amines is 1. The lowest BCUT2D eigenvalue weighted by atomic mass is 10.0. The number of aromatic nitrogens is 1. The van der Waals surface area contributed by atoms with Crippen molar-refractivity contribution in [2.75, 3.05) is 13.1 Å². The average molecular weight is 349 g/mol. The summed E-state index contributed by atoms with van der Waals surface area (Å²) < 4.78 is 0. The molecule has 0 fully saturated rings. The van der Waals surface area contributed by atoms with Crippen LogP contribution < -0.4 is 0 Å². The second-order valence-electron chi connectivity index (χ2n) is 6.55. The largest absolute Gasteiger partial charge is 0.361 e. The molecule has 0 bridgehead atoms. The van der Waals surface area contributed by atoms with Gasteiger partial charge in [0.1, 0.15) is 0 Å². The molecule has 0 radical (unpaired) electrons. The van der Waals surface area contributed by atoms with E-state index >= 15 is 0 Å². The van der Waals surface area contributed by atoms with Gasteiger partial charge in [0.25, 0.3) is 0 Å². The molecule has 0 atom stereocenters. The van der Waals surface area contributed by atoms with Crippen LogP contribution in [0.2, 0.25) is 5.02 Å². The van der Waals surface area contributed by atoms with Gasteiger partial charge in [0.15, 0.2) is 0 Å². The molecule has 2 nitrogen and oxygen atoms in total. The lowest BCUT2D eigenvalue weighted by Gasteiger charge is -2.25. The van der Waals surface area contributed by atoms with Crippen molar-refractivity contribution in [1.29, 1.82) is 0 Å². The van der Waals surface area contributed by atoms with Crippen LogP contribution >= 0.6 is 11.6 Å². The van der Waals surface area contributed by atoms with Gasteiger partial charge in [-0.2, -0.15) is 0 Å². The predicted molar refractivity (Wildman–Crippen MR) is 107 cm³/mol. The van der Waals surface area contributed by atoms with Crippen LogP contribution in [0.5, 0.6) is 0 Å². The molecule has 0 saturated heterocycles. The van der Waals surface area contributed by atoms with Crippen molar-refractivity contribution in [2.45, 2.75) is 13.0 Å². The van der Waals surface area contributed by atoms with Gasteiger partial charge in [-0.15, -0.1) is 0 Å². The SMILES string of the molecule is Clc1ccc(CN2CC=C(/C=C/c3ccc4[nH]ccc4c3)CC2)cc1. The van der Waals surface area contributed by atoms with Crippen LogP contribution in [-0.4, -0.2) is 23.0 Å². The number of nitrogens with zero attached hydrogens (tertiary/aromatic N) is 1. The zero-order valence-electron chi connectivity index (χ0n) is 14.1. The Morgan fingerprint density at radius 1 is 1.04 bits per heavy atom. The van der Waals surface area contributed by atoms with Gasteiger partial charge >= 0.3 is 0 Å². The third kappa shape index (κ3) is 4.04. The minimum atomic E-state index is 0.799. The fourth-order valence-electron chi connectivity index (χ4n) is 3.25. The Hall–Kier alpha value is -2.29. The molecule has 25 heavy (non-hydrogen) atoms. The fourth-order valence-corrected chi connectivity index (χ4v) is 3.37. The number of fused-ring (bicyclic) bond motifs is 1. The van der Waals surface area contributed by atoms with Gasteiger partial charge in [0.05, 0.1) is 0 Å². The summed E-state index contributed by atoms with van der Waals surface area (Å²) in [6, 6.07) is 16.8. The zero-order valence-corrected chi connectivity index (χ0v) is 14.8. The molecule has 1 aliphatic rings. The zero-order chi connectivity index (χ0) is 17.1. The third-order valence-corrected chi connectivity index (χ3v) is 4.97. The summed E-state index contributed by atoms with van der Waals surface area (Å²) >= 11 is 5.95. The first-order valence-corrected chi connectivity index (χ1v) is 9.05. The number of benzene rings is 2. The first kappa shape index (κ1) is 16.2. The molecule has 3 aromatic rings. The fraction of sp³-hybridized carbons (Fsp3) is 0.182. The van der Waals surface area contributed by atoms with E-state index in [1.165, 1.54) is 27.6 Å². The van der Waals surface area contributed by atoms with Crippen molar-refractivity contribution in [3.8, 4) is 0 Å². The van der Waals surface area contributed by atoms with Crippen LogP contribution in [0.4, 0.5) is 0 Å². The van der Waals surface area contributed by atoms with Gasteiger partial charge in [-0.3, -0.25) is 4.90 Å². The molecule has 1 N–H and O–H groups in total. The lowest BCUT2D eigenvalue weighted by molar-refractivity contribution is 0.287. The van der Waals surface area contributed by atoms with Gasteiger partial charge in [-0.25, -0.2) is 0 Å². The second-order valence-corrected chi connectivity index (χ2v) is 6.98. The van der Waals surface area contributed by atoms with Crippen LogP contribution in [0.1, 0.15) is 17.5 Å². The molecule has 126 valence electrons. The lowest BCUT2D eigenvalue weighted by Crippen LogP contribution is -2.27. The smallest absolute Gasteiger partial charge is 0.0454 e. The highest BCUT2D eigenvalue weighted by Crippen LogP contribution is 2.19. The van der Waals surface area contributed by atoms with Crippen LogP contribution in [0.3, 0.4) is 0 Å². The van der Waals surface area contributed by atoms with E-state index in [1.807, 2.05) is 18.3 Å². The molecule has 3 heteroatoms. The Kier molecular flexibility index (Phi) is 4.73. The molecule has 2 aromatic carbocycles. The van der Waals surface area contributed by atoms with Gasteiger partial charge < -0.3 is 4.98 Å². The third-order valence-electron chi connectivity index (χ3n) is 4.72. The molecule has 0 saturated carbocycles. The van der Waals surface area contributed by atoms with Crippen LogP contribution in [0.25, 0.3) is 17.0 Å². The molecule has 2 heterocycles. The Morgan fingerprint density at radius 3 is 2.72 bits per heavy atom. The molecule has 1 aliphatic heterocycles. The summed E-state index contributed by atoms with van der Waals surface area (Å²) in [5.74, 6) is 0. The first-order chi connectivity index (χ1) is 12.3. The van der Waals surface area contributed by atoms with Crippen molar-refractivity contribution in [3.05, 3.63) is 88.6 Å². The van der Waals surface area contributed by atoms with Gasteiger partial charge in [0, 0.05) is 36.4 Å². The normalized spacial score (nSPS) is 15.8. The van der Waals surface area contributed by atoms with Crippen LogP contribution in [0.15, 0.2) is 72.5 Å². The van der Waals surface area contributed by atoms with E-state index in [0.29, 0.717) is 0 Å². The number of hydrogen-bond donors (Lipinski definition) is 1. The van der Waals surface area contributed by atoms with E-state index in [2.05, 4.69) is 64.5 Å². The van der Waals surface area contributed by atoms with Gasteiger partial charge in [-0.05, 0) is 58.8 Å². The molecule has 1 aromatic heterocycles. The summed E-state index contributed by atoms with van der Waals surface area (Å²) in [6.45, 7) is 3.07. The minimum absolute atomic E-state index is 0.799. The maximum absolute atomic E-state index is 5.95. The van der Waals surface area contributed by atoms with E-state index in [-0.39, 0.29) is 0 Å². The number of H-pyrrole nitrogens is 1. The van der Waals surface area contributed by atoms with E-state index in [4.69, 9.17) is 11.6 Å². The first-order valence-electron chi connectivity index (χ1n) is 8.67. The molecular weight excluding hydrogens is 328 g/mol. The standard InChI is InChI=1S/C22H21ClN2/c23-21-6-3-19(4-7-21)16-25-13-10-17(11-14-25)1-2-18-5-8-22-20(15-18)9-12-24-22/h1-10,12,15,24H,11,13-14,16H2/b2-1+. The monoisotopic (exact) mass is 348 g/mol. The number of halogens is 1. The summed E-state index contributed by atoms with van der Waals surface area (Å²) in [6.07, 6.45) is 9.89. The second kappa shape index (κ2) is 7.30. The number of rotatable bonds is 4. The number of hydrogen-bond acceptors (Lipinski definition) is 1. The van der Waals surface area contributed by atoms with Gasteiger partial charge in [-0.1, -0.05) is 48.0 Å². The number of nitrogens with one attached hydrogen (secondary N) is 1. The molecule has 0 amide bonds. The topological polar surface area (TPSA) is 19.0 Å². The van der Waals surface area contributed by atoms with Gasteiger partial charge in [0.2, 0.25) is 0 Å². The predicted octanol–water partition coefficient (Wildman–Crippen LogP) is 5.67. The quantitative estimate of drug-likeness (QED) is 0.643. The highest BCUT2D eigenvalue weighted by molar-refractivity contribution is 6.30. The number of allylic oxidation sites excluding steroid dienone is 1. The Bertz CT molecular complexity index is 919. The maximum Gasteiger partial charge on any atom is 0.0454 e. The van der Waals surface area contributed by atoms with E-state index < -0.39 is 0 Å². The molecule has 0 spiro atoms. The van der Waals surface area contributed by atoms with E-state index in [0.717, 1.165) is 31.1 Å². The average Bonchev–Trinajstić information content (AvgIpc) is 3.11. The van der Waals surface area contributed by atoms with Crippen molar-refractivity contribution in [1.82, 2.24) is 9.88 Å². The summed E-state index contributed by atoms with van der Waals surface area (Å²) in [5, 5.41) is 2.06. The summed E-state index contributed by atoms with van der Waals surface area (Å²) in [5.41, 5.74) is 5.17. The minimum Gasteiger partial charge on any atom is -0.361 e. The Morgan fingerprint density at radius 2 is 1.92 bits per heavy atom. The highest BCUT2D eigenvalue weighted by Gasteiger charge is 2.10. The van der Waals surface area contributed by atoms with E-state index in [1.54, 1.807) is 0 Å².